The molecule has 7 heteroatoms. The van der Waals surface area contributed by atoms with Crippen LogP contribution in [0.3, 0.4) is 0 Å². The number of aryl methyl sites for hydroxylation is 2. The van der Waals surface area contributed by atoms with Crippen LogP contribution in [-0.2, 0) is 0 Å². The van der Waals surface area contributed by atoms with Crippen molar-refractivity contribution in [2.45, 2.75) is 25.9 Å². The normalized spacial score (nSPS) is 17.9. The van der Waals surface area contributed by atoms with Gasteiger partial charge in [-0.3, -0.25) is 4.98 Å². The number of hydrogen-bond donors (Lipinski definition) is 1. The maximum absolute atomic E-state index is 14.0. The van der Waals surface area contributed by atoms with Crippen molar-refractivity contribution in [1.82, 2.24) is 10.3 Å². The van der Waals surface area contributed by atoms with Gasteiger partial charge in [0, 0.05) is 22.5 Å². The van der Waals surface area contributed by atoms with E-state index < -0.39 is 0 Å². The van der Waals surface area contributed by atoms with E-state index in [1.165, 1.54) is 6.07 Å². The second-order valence-corrected chi connectivity index (χ2v) is 8.91. The van der Waals surface area contributed by atoms with Crippen LogP contribution < -0.4 is 10.2 Å². The maximum Gasteiger partial charge on any atom is 0.174 e. The maximum atomic E-state index is 14.0. The molecule has 2 aromatic carbocycles. The van der Waals surface area contributed by atoms with Gasteiger partial charge in [-0.2, -0.15) is 0 Å². The van der Waals surface area contributed by atoms with Gasteiger partial charge in [-0.05, 0) is 91.8 Å². The molecule has 2 atom stereocenters. The van der Waals surface area contributed by atoms with Gasteiger partial charge in [0.05, 0.1) is 11.7 Å². The largest absolute Gasteiger partial charge is 0.459 e. The predicted octanol–water partition coefficient (Wildman–Crippen LogP) is 6.93. The Kier molecular flexibility index (Phi) is 5.64. The third-order valence-electron chi connectivity index (χ3n) is 5.90. The summed E-state index contributed by atoms with van der Waals surface area (Å²) < 4.78 is 20.4. The number of anilines is 1. The molecule has 1 N–H and O–H groups in total. The first-order valence-electron chi connectivity index (χ1n) is 10.6. The fourth-order valence-corrected chi connectivity index (χ4v) is 4.73. The Balaban J connectivity index is 1.62. The zero-order valence-corrected chi connectivity index (χ0v) is 19.6. The van der Waals surface area contributed by atoms with Gasteiger partial charge in [-0.1, -0.05) is 23.7 Å². The van der Waals surface area contributed by atoms with E-state index in [0.717, 1.165) is 28.3 Å². The van der Waals surface area contributed by atoms with Gasteiger partial charge in [-0.25, -0.2) is 4.39 Å². The van der Waals surface area contributed by atoms with Gasteiger partial charge in [-0.15, -0.1) is 0 Å². The van der Waals surface area contributed by atoms with Crippen LogP contribution in [0.5, 0.6) is 0 Å². The molecule has 4 nitrogen and oxygen atoms in total. The molecule has 3 heterocycles. The highest BCUT2D eigenvalue weighted by molar-refractivity contribution is 7.80. The quantitative estimate of drug-likeness (QED) is 0.323. The monoisotopic (exact) mass is 477 g/mol. The summed E-state index contributed by atoms with van der Waals surface area (Å²) in [7, 11) is 0. The van der Waals surface area contributed by atoms with Crippen LogP contribution in [0.25, 0.3) is 11.3 Å². The fraction of sp³-hybridized carbons (Fsp3) is 0.154. The molecule has 0 unspecified atom stereocenters. The zero-order chi connectivity index (χ0) is 23.1. The Morgan fingerprint density at radius 1 is 1.03 bits per heavy atom. The Hall–Kier alpha value is -3.22. The molecule has 0 saturated carbocycles. The minimum atomic E-state index is -0.314. The Morgan fingerprint density at radius 2 is 1.88 bits per heavy atom. The summed E-state index contributed by atoms with van der Waals surface area (Å²) in [6.07, 6.45) is 1.75. The number of pyridine rings is 1. The molecule has 0 radical (unpaired) electrons. The van der Waals surface area contributed by atoms with Crippen molar-refractivity contribution >= 4 is 34.6 Å². The molecule has 0 spiro atoms. The van der Waals surface area contributed by atoms with Crippen LogP contribution in [0.4, 0.5) is 10.1 Å². The molecule has 1 aliphatic heterocycles. The average Bonchev–Trinajstić information content (AvgIpc) is 3.42. The van der Waals surface area contributed by atoms with E-state index in [4.69, 9.17) is 28.2 Å². The second-order valence-electron chi connectivity index (χ2n) is 8.09. The third kappa shape index (κ3) is 4.01. The SMILES string of the molecule is Cc1cc(N2C(=S)N[C@@H](c3ccccn3)[C@H]2c2ccc(-c3cc(Cl)ccc3C)o2)ccc1F. The number of furan rings is 1. The summed E-state index contributed by atoms with van der Waals surface area (Å²) >= 11 is 12.0. The lowest BCUT2D eigenvalue weighted by Crippen LogP contribution is -2.29. The van der Waals surface area contributed by atoms with Crippen LogP contribution in [0.15, 0.2) is 77.3 Å². The molecule has 1 aliphatic rings. The number of nitrogens with zero attached hydrogens (tertiary/aromatic N) is 2. The van der Waals surface area contributed by atoms with Gasteiger partial charge >= 0.3 is 0 Å². The number of hydrogen-bond acceptors (Lipinski definition) is 3. The number of rotatable bonds is 4. The molecule has 166 valence electrons. The van der Waals surface area contributed by atoms with E-state index in [-0.39, 0.29) is 17.9 Å². The minimum Gasteiger partial charge on any atom is -0.459 e. The highest BCUT2D eigenvalue weighted by Crippen LogP contribution is 2.43. The lowest BCUT2D eigenvalue weighted by molar-refractivity contribution is 0.439. The summed E-state index contributed by atoms with van der Waals surface area (Å²) in [5.74, 6) is 1.18. The average molecular weight is 478 g/mol. The van der Waals surface area contributed by atoms with E-state index in [9.17, 15) is 4.39 Å². The van der Waals surface area contributed by atoms with Crippen molar-refractivity contribution < 1.29 is 8.81 Å². The fourth-order valence-electron chi connectivity index (χ4n) is 4.22. The summed E-state index contributed by atoms with van der Waals surface area (Å²) in [4.78, 5) is 6.52. The molecule has 2 aromatic heterocycles. The van der Waals surface area contributed by atoms with Crippen LogP contribution in [-0.4, -0.2) is 10.1 Å². The molecule has 1 saturated heterocycles. The van der Waals surface area contributed by atoms with E-state index in [1.807, 2.05) is 60.4 Å². The first-order chi connectivity index (χ1) is 15.9. The van der Waals surface area contributed by atoms with E-state index in [1.54, 1.807) is 25.3 Å². The summed E-state index contributed by atoms with van der Waals surface area (Å²) in [5, 5.41) is 4.56. The Labute approximate surface area is 202 Å². The molecule has 1 fully saturated rings. The molecular weight excluding hydrogens is 457 g/mol. The smallest absolute Gasteiger partial charge is 0.174 e. The van der Waals surface area contributed by atoms with Crippen LogP contribution >= 0.6 is 23.8 Å². The summed E-state index contributed by atoms with van der Waals surface area (Å²) in [5.41, 5.74) is 4.16. The van der Waals surface area contributed by atoms with E-state index >= 15 is 0 Å². The molecular formula is C26H21ClFN3OS. The number of halogens is 2. The van der Waals surface area contributed by atoms with Gasteiger partial charge in [0.25, 0.3) is 0 Å². The van der Waals surface area contributed by atoms with Gasteiger partial charge in [0.1, 0.15) is 23.4 Å². The van der Waals surface area contributed by atoms with Gasteiger partial charge < -0.3 is 14.6 Å². The van der Waals surface area contributed by atoms with Crippen molar-refractivity contribution in [3.05, 3.63) is 106 Å². The summed E-state index contributed by atoms with van der Waals surface area (Å²) in [6.45, 7) is 3.76. The van der Waals surface area contributed by atoms with Crippen LogP contribution in [0.2, 0.25) is 5.02 Å². The molecule has 0 amide bonds. The molecule has 0 bridgehead atoms. The zero-order valence-electron chi connectivity index (χ0n) is 18.0. The molecule has 33 heavy (non-hydrogen) atoms. The predicted molar refractivity (Wildman–Crippen MR) is 133 cm³/mol. The number of aromatic nitrogens is 1. The summed E-state index contributed by atoms with van der Waals surface area (Å²) in [6, 6.07) is 19.8. The standard InChI is InChI=1S/C26H21ClFN3OS/c1-15-6-7-17(27)14-19(15)22-10-11-23(32-22)25-24(21-5-3-4-12-29-21)30-26(33)31(25)18-8-9-20(28)16(2)13-18/h3-14,24-25H,1-2H3,(H,30,33)/t24-,25+/m0/s1. The van der Waals surface area contributed by atoms with Crippen molar-refractivity contribution in [2.24, 2.45) is 0 Å². The van der Waals surface area contributed by atoms with Crippen LogP contribution in [0.1, 0.15) is 34.7 Å². The van der Waals surface area contributed by atoms with E-state index in [0.29, 0.717) is 21.5 Å². The molecule has 5 rings (SSSR count). The van der Waals surface area contributed by atoms with E-state index in [2.05, 4.69) is 10.3 Å². The third-order valence-corrected chi connectivity index (χ3v) is 6.45. The first-order valence-corrected chi connectivity index (χ1v) is 11.3. The van der Waals surface area contributed by atoms with Crippen LogP contribution in [0, 0.1) is 19.7 Å². The highest BCUT2D eigenvalue weighted by atomic mass is 35.5. The van der Waals surface area contributed by atoms with Crippen molar-refractivity contribution in [1.29, 1.82) is 0 Å². The number of nitrogens with one attached hydrogen (secondary N) is 1. The van der Waals surface area contributed by atoms with Gasteiger partial charge in [0.2, 0.25) is 0 Å². The van der Waals surface area contributed by atoms with Crippen molar-refractivity contribution in [3.63, 3.8) is 0 Å². The Bertz CT molecular complexity index is 1340. The first kappa shape index (κ1) is 21.6. The lowest BCUT2D eigenvalue weighted by atomic mass is 10.0. The lowest BCUT2D eigenvalue weighted by Gasteiger charge is -2.26. The van der Waals surface area contributed by atoms with Crippen molar-refractivity contribution in [3.8, 4) is 11.3 Å². The van der Waals surface area contributed by atoms with Gasteiger partial charge in [0.15, 0.2) is 5.11 Å². The number of benzene rings is 2. The van der Waals surface area contributed by atoms with Crippen molar-refractivity contribution in [2.75, 3.05) is 4.90 Å². The molecule has 4 aromatic rings. The topological polar surface area (TPSA) is 41.3 Å². The minimum absolute atomic E-state index is 0.247. The second kappa shape index (κ2) is 8.61. The highest BCUT2D eigenvalue weighted by Gasteiger charge is 2.42. The molecule has 0 aliphatic carbocycles. The number of thiocarbonyl (C=S) groups is 1. The Morgan fingerprint density at radius 3 is 2.64 bits per heavy atom.